The fraction of sp³-hybridized carbons (Fsp3) is 0.412. The average Bonchev–Trinajstić information content (AvgIpc) is 2.58. The number of ether oxygens (including phenoxy) is 1. The molecule has 1 aliphatic rings. The SMILES string of the molecule is CSc1ncc(CN2CCOC(Cc3ccccc3Cl)C2)cn1. The lowest BCUT2D eigenvalue weighted by Gasteiger charge is -2.33. The molecule has 1 aromatic heterocycles. The van der Waals surface area contributed by atoms with Crippen molar-refractivity contribution in [1.82, 2.24) is 14.9 Å². The molecule has 1 aliphatic heterocycles. The molecule has 1 atom stereocenters. The van der Waals surface area contributed by atoms with Gasteiger partial charge in [0, 0.05) is 49.0 Å². The summed E-state index contributed by atoms with van der Waals surface area (Å²) in [4.78, 5) is 11.1. The van der Waals surface area contributed by atoms with Crippen LogP contribution in [0.15, 0.2) is 41.8 Å². The zero-order valence-electron chi connectivity index (χ0n) is 13.1. The van der Waals surface area contributed by atoms with Crippen molar-refractivity contribution in [3.05, 3.63) is 52.8 Å². The van der Waals surface area contributed by atoms with Crippen LogP contribution in [0.3, 0.4) is 0 Å². The number of nitrogens with zero attached hydrogens (tertiary/aromatic N) is 3. The Morgan fingerprint density at radius 1 is 1.30 bits per heavy atom. The maximum Gasteiger partial charge on any atom is 0.187 e. The summed E-state index contributed by atoms with van der Waals surface area (Å²) in [7, 11) is 0. The van der Waals surface area contributed by atoms with Crippen molar-refractivity contribution in [2.75, 3.05) is 26.0 Å². The summed E-state index contributed by atoms with van der Waals surface area (Å²) in [5.74, 6) is 0. The Kier molecular flexibility index (Phi) is 5.89. The zero-order chi connectivity index (χ0) is 16.1. The first kappa shape index (κ1) is 16.7. The van der Waals surface area contributed by atoms with Crippen LogP contribution in [-0.4, -0.2) is 46.9 Å². The Bertz CT molecular complexity index is 638. The minimum atomic E-state index is 0.176. The summed E-state index contributed by atoms with van der Waals surface area (Å²) in [6.07, 6.45) is 6.83. The Morgan fingerprint density at radius 2 is 2.09 bits per heavy atom. The number of hydrogen-bond acceptors (Lipinski definition) is 5. The van der Waals surface area contributed by atoms with E-state index in [0.717, 1.165) is 54.0 Å². The molecule has 0 aliphatic carbocycles. The molecule has 0 N–H and O–H groups in total. The molecule has 1 aromatic carbocycles. The van der Waals surface area contributed by atoms with Crippen molar-refractivity contribution >= 4 is 23.4 Å². The van der Waals surface area contributed by atoms with Crippen molar-refractivity contribution in [3.8, 4) is 0 Å². The van der Waals surface area contributed by atoms with Gasteiger partial charge in [-0.3, -0.25) is 4.90 Å². The third-order valence-corrected chi connectivity index (χ3v) is 4.84. The fourth-order valence-corrected chi connectivity index (χ4v) is 3.27. The molecule has 0 amide bonds. The zero-order valence-corrected chi connectivity index (χ0v) is 14.7. The lowest BCUT2D eigenvalue weighted by atomic mass is 10.1. The summed E-state index contributed by atoms with van der Waals surface area (Å²) in [6, 6.07) is 7.98. The van der Waals surface area contributed by atoms with Gasteiger partial charge in [-0.05, 0) is 17.9 Å². The Balaban J connectivity index is 1.58. The number of aromatic nitrogens is 2. The maximum atomic E-state index is 6.25. The summed E-state index contributed by atoms with van der Waals surface area (Å²) >= 11 is 7.81. The van der Waals surface area contributed by atoms with Crippen LogP contribution in [0, 0.1) is 0 Å². The second-order valence-electron chi connectivity index (χ2n) is 5.60. The summed E-state index contributed by atoms with van der Waals surface area (Å²) < 4.78 is 5.91. The quantitative estimate of drug-likeness (QED) is 0.611. The standard InChI is InChI=1S/C17H20ClN3OS/c1-23-17-19-9-13(10-20-17)11-21-6-7-22-15(12-21)8-14-4-2-3-5-16(14)18/h2-5,9-10,15H,6-8,11-12H2,1H3. The first-order valence-corrected chi connectivity index (χ1v) is 9.27. The van der Waals surface area contributed by atoms with Gasteiger partial charge in [0.15, 0.2) is 5.16 Å². The van der Waals surface area contributed by atoms with Crippen LogP contribution in [0.2, 0.25) is 5.02 Å². The molecule has 23 heavy (non-hydrogen) atoms. The average molecular weight is 350 g/mol. The normalized spacial score (nSPS) is 19.0. The van der Waals surface area contributed by atoms with Gasteiger partial charge in [0.05, 0.1) is 12.7 Å². The minimum absolute atomic E-state index is 0.176. The summed E-state index contributed by atoms with van der Waals surface area (Å²) in [6.45, 7) is 3.44. The molecule has 0 radical (unpaired) electrons. The number of hydrogen-bond donors (Lipinski definition) is 0. The number of morpholine rings is 1. The van der Waals surface area contributed by atoms with Gasteiger partial charge in [0.25, 0.3) is 0 Å². The molecule has 2 heterocycles. The predicted molar refractivity (Wildman–Crippen MR) is 94.0 cm³/mol. The van der Waals surface area contributed by atoms with Crippen LogP contribution in [-0.2, 0) is 17.7 Å². The molecule has 0 saturated carbocycles. The van der Waals surface area contributed by atoms with Crippen molar-refractivity contribution in [3.63, 3.8) is 0 Å². The highest BCUT2D eigenvalue weighted by molar-refractivity contribution is 7.98. The fourth-order valence-electron chi connectivity index (χ4n) is 2.74. The smallest absolute Gasteiger partial charge is 0.187 e. The number of benzene rings is 1. The van der Waals surface area contributed by atoms with Crippen molar-refractivity contribution < 1.29 is 4.74 Å². The number of rotatable bonds is 5. The van der Waals surface area contributed by atoms with E-state index in [0.29, 0.717) is 0 Å². The predicted octanol–water partition coefficient (Wildman–Crippen LogP) is 3.30. The van der Waals surface area contributed by atoms with Gasteiger partial charge in [-0.2, -0.15) is 0 Å². The highest BCUT2D eigenvalue weighted by Crippen LogP contribution is 2.20. The molecule has 3 rings (SSSR count). The Morgan fingerprint density at radius 3 is 2.83 bits per heavy atom. The minimum Gasteiger partial charge on any atom is -0.375 e. The molecular weight excluding hydrogens is 330 g/mol. The van der Waals surface area contributed by atoms with E-state index in [1.54, 1.807) is 11.8 Å². The highest BCUT2D eigenvalue weighted by Gasteiger charge is 2.21. The molecule has 1 saturated heterocycles. The molecule has 122 valence electrons. The van der Waals surface area contributed by atoms with Gasteiger partial charge in [-0.15, -0.1) is 0 Å². The van der Waals surface area contributed by atoms with Crippen molar-refractivity contribution in [2.45, 2.75) is 24.2 Å². The Labute approximate surface area is 146 Å². The molecular formula is C17H20ClN3OS. The van der Waals surface area contributed by atoms with Crippen LogP contribution in [0.5, 0.6) is 0 Å². The van der Waals surface area contributed by atoms with Crippen LogP contribution < -0.4 is 0 Å². The van der Waals surface area contributed by atoms with E-state index in [-0.39, 0.29) is 6.10 Å². The summed E-state index contributed by atoms with van der Waals surface area (Å²) in [5.41, 5.74) is 2.29. The molecule has 2 aromatic rings. The molecule has 4 nitrogen and oxygen atoms in total. The van der Waals surface area contributed by atoms with E-state index in [4.69, 9.17) is 16.3 Å². The van der Waals surface area contributed by atoms with E-state index >= 15 is 0 Å². The van der Waals surface area contributed by atoms with Gasteiger partial charge in [0.1, 0.15) is 0 Å². The Hall–Kier alpha value is -1.14. The third kappa shape index (κ3) is 4.67. The van der Waals surface area contributed by atoms with E-state index in [1.165, 1.54) is 0 Å². The van der Waals surface area contributed by atoms with E-state index < -0.39 is 0 Å². The van der Waals surface area contributed by atoms with E-state index in [9.17, 15) is 0 Å². The van der Waals surface area contributed by atoms with Gasteiger partial charge < -0.3 is 4.74 Å². The second kappa shape index (κ2) is 8.11. The van der Waals surface area contributed by atoms with Crippen LogP contribution in [0.25, 0.3) is 0 Å². The maximum absolute atomic E-state index is 6.25. The first-order valence-electron chi connectivity index (χ1n) is 7.67. The highest BCUT2D eigenvalue weighted by atomic mass is 35.5. The first-order chi connectivity index (χ1) is 11.2. The topological polar surface area (TPSA) is 38.2 Å². The monoisotopic (exact) mass is 349 g/mol. The number of halogens is 1. The van der Waals surface area contributed by atoms with Crippen LogP contribution >= 0.6 is 23.4 Å². The van der Waals surface area contributed by atoms with Crippen LogP contribution in [0.1, 0.15) is 11.1 Å². The lowest BCUT2D eigenvalue weighted by Crippen LogP contribution is -2.42. The molecule has 0 bridgehead atoms. The van der Waals surface area contributed by atoms with Gasteiger partial charge in [0.2, 0.25) is 0 Å². The largest absolute Gasteiger partial charge is 0.375 e. The number of thioether (sulfide) groups is 1. The lowest BCUT2D eigenvalue weighted by molar-refractivity contribution is -0.0305. The molecule has 6 heteroatoms. The summed E-state index contributed by atoms with van der Waals surface area (Å²) in [5, 5.41) is 1.63. The van der Waals surface area contributed by atoms with Crippen molar-refractivity contribution in [2.24, 2.45) is 0 Å². The molecule has 1 fully saturated rings. The van der Waals surface area contributed by atoms with E-state index in [2.05, 4.69) is 20.9 Å². The molecule has 1 unspecified atom stereocenters. The van der Waals surface area contributed by atoms with E-state index in [1.807, 2.05) is 36.8 Å². The molecule has 0 spiro atoms. The third-order valence-electron chi connectivity index (χ3n) is 3.90. The second-order valence-corrected chi connectivity index (χ2v) is 6.78. The van der Waals surface area contributed by atoms with Crippen molar-refractivity contribution in [1.29, 1.82) is 0 Å². The van der Waals surface area contributed by atoms with Crippen LogP contribution in [0.4, 0.5) is 0 Å². The van der Waals surface area contributed by atoms with Gasteiger partial charge in [-0.1, -0.05) is 41.6 Å². The van der Waals surface area contributed by atoms with Gasteiger partial charge in [-0.25, -0.2) is 9.97 Å². The van der Waals surface area contributed by atoms with Gasteiger partial charge >= 0.3 is 0 Å².